The van der Waals surface area contributed by atoms with Crippen LogP contribution in [-0.4, -0.2) is 101 Å². The molecule has 0 aliphatic heterocycles. The molecule has 0 saturated heterocycles. The van der Waals surface area contributed by atoms with Crippen LogP contribution in [0.3, 0.4) is 0 Å². The van der Waals surface area contributed by atoms with Crippen LogP contribution in [0.4, 0.5) is 0 Å². The molecule has 13 N–H and O–H groups in total. The lowest BCUT2D eigenvalue weighted by Crippen LogP contribution is -2.59. The Labute approximate surface area is 171 Å². The van der Waals surface area contributed by atoms with E-state index >= 15 is 0 Å². The fraction of sp³-hybridized carbons (Fsp3) is 0.667. The molecule has 0 aromatic carbocycles. The third-order valence-corrected chi connectivity index (χ3v) is 3.72. The Morgan fingerprint density at radius 1 is 0.800 bits per heavy atom. The van der Waals surface area contributed by atoms with Crippen molar-refractivity contribution < 1.29 is 39.6 Å². The van der Waals surface area contributed by atoms with Crippen LogP contribution in [0.15, 0.2) is 4.99 Å². The minimum absolute atomic E-state index is 0.0294. The van der Waals surface area contributed by atoms with Crippen LogP contribution in [0.25, 0.3) is 0 Å². The minimum Gasteiger partial charge on any atom is -0.480 e. The van der Waals surface area contributed by atoms with Crippen LogP contribution in [0.1, 0.15) is 12.8 Å². The monoisotopic (exact) mass is 435 g/mol. The second-order valence-electron chi connectivity index (χ2n) is 6.12. The topological polar surface area (TPSA) is 276 Å². The number of aliphatic carboxylic acids is 1. The number of carboxylic acids is 1. The van der Waals surface area contributed by atoms with Gasteiger partial charge in [-0.2, -0.15) is 0 Å². The van der Waals surface area contributed by atoms with Gasteiger partial charge in [0.05, 0.1) is 19.8 Å². The molecule has 0 heterocycles. The van der Waals surface area contributed by atoms with Gasteiger partial charge in [0, 0.05) is 6.54 Å². The number of guanidine groups is 1. The Bertz CT molecular complexity index is 626. The molecular formula is C15H29N7O8. The molecule has 0 rings (SSSR count). The molecule has 172 valence electrons. The summed E-state index contributed by atoms with van der Waals surface area (Å²) >= 11 is 0. The number of carbonyl (C=O) groups excluding carboxylic acids is 3. The van der Waals surface area contributed by atoms with E-state index in [-0.39, 0.29) is 25.3 Å². The van der Waals surface area contributed by atoms with Crippen LogP contribution < -0.4 is 33.2 Å². The molecule has 0 aromatic rings. The second-order valence-corrected chi connectivity index (χ2v) is 6.12. The Hall–Kier alpha value is -3.01. The second kappa shape index (κ2) is 14.0. The van der Waals surface area contributed by atoms with Crippen molar-refractivity contribution in [1.29, 1.82) is 0 Å². The molecule has 4 atom stereocenters. The van der Waals surface area contributed by atoms with E-state index in [1.165, 1.54) is 0 Å². The Morgan fingerprint density at radius 3 is 1.67 bits per heavy atom. The summed E-state index contributed by atoms with van der Waals surface area (Å²) in [5.74, 6) is -4.49. The molecule has 0 fully saturated rings. The summed E-state index contributed by atoms with van der Waals surface area (Å²) in [5.41, 5.74) is 15.6. The highest BCUT2D eigenvalue weighted by molar-refractivity contribution is 5.94. The van der Waals surface area contributed by atoms with Gasteiger partial charge in [-0.05, 0) is 12.8 Å². The summed E-state index contributed by atoms with van der Waals surface area (Å²) in [6.45, 7) is -2.32. The lowest BCUT2D eigenvalue weighted by atomic mass is 10.1. The van der Waals surface area contributed by atoms with Gasteiger partial charge < -0.3 is 53.6 Å². The fourth-order valence-electron chi connectivity index (χ4n) is 2.06. The first kappa shape index (κ1) is 27.0. The van der Waals surface area contributed by atoms with Gasteiger partial charge in [0.1, 0.15) is 24.2 Å². The zero-order valence-corrected chi connectivity index (χ0v) is 16.2. The molecule has 0 saturated carbocycles. The van der Waals surface area contributed by atoms with Crippen LogP contribution >= 0.6 is 0 Å². The number of carboxylic acid groups (broad SMARTS) is 1. The zero-order valence-electron chi connectivity index (χ0n) is 16.2. The summed E-state index contributed by atoms with van der Waals surface area (Å²) in [6, 6.07) is -5.76. The fourth-order valence-corrected chi connectivity index (χ4v) is 2.06. The average Bonchev–Trinajstić information content (AvgIpc) is 2.70. The van der Waals surface area contributed by atoms with Crippen molar-refractivity contribution in [2.75, 3.05) is 26.4 Å². The molecule has 0 spiro atoms. The van der Waals surface area contributed by atoms with Gasteiger partial charge in [0.2, 0.25) is 17.7 Å². The maximum absolute atomic E-state index is 12.2. The molecule has 0 aliphatic carbocycles. The van der Waals surface area contributed by atoms with E-state index in [0.29, 0.717) is 0 Å². The maximum Gasteiger partial charge on any atom is 0.326 e. The van der Waals surface area contributed by atoms with E-state index < -0.39 is 67.7 Å². The molecule has 30 heavy (non-hydrogen) atoms. The highest BCUT2D eigenvalue weighted by Gasteiger charge is 2.29. The van der Waals surface area contributed by atoms with Crippen molar-refractivity contribution in [2.24, 2.45) is 22.2 Å². The Balaban J connectivity index is 4.92. The predicted molar refractivity (Wildman–Crippen MR) is 103 cm³/mol. The van der Waals surface area contributed by atoms with Gasteiger partial charge >= 0.3 is 5.97 Å². The first-order chi connectivity index (χ1) is 14.1. The number of amides is 3. The highest BCUT2D eigenvalue weighted by atomic mass is 16.4. The first-order valence-electron chi connectivity index (χ1n) is 8.84. The van der Waals surface area contributed by atoms with E-state index in [2.05, 4.69) is 20.9 Å². The number of aliphatic hydroxyl groups excluding tert-OH is 3. The number of aliphatic imine (C=N–C) groups is 1. The number of nitrogens with one attached hydrogen (secondary N) is 3. The maximum atomic E-state index is 12.2. The summed E-state index contributed by atoms with van der Waals surface area (Å²) in [7, 11) is 0. The number of nitrogens with zero attached hydrogens (tertiary/aromatic N) is 1. The first-order valence-corrected chi connectivity index (χ1v) is 8.84. The number of hydrogen-bond acceptors (Lipinski definition) is 9. The van der Waals surface area contributed by atoms with Crippen molar-refractivity contribution in [2.45, 2.75) is 37.0 Å². The molecule has 15 heteroatoms. The molecule has 0 radical (unpaired) electrons. The molecule has 0 bridgehead atoms. The summed E-state index contributed by atoms with van der Waals surface area (Å²) in [5, 5.41) is 42.9. The van der Waals surface area contributed by atoms with Crippen LogP contribution in [0.5, 0.6) is 0 Å². The van der Waals surface area contributed by atoms with Gasteiger partial charge in [-0.15, -0.1) is 0 Å². The molecule has 15 nitrogen and oxygen atoms in total. The van der Waals surface area contributed by atoms with Crippen LogP contribution in [-0.2, 0) is 19.2 Å². The summed E-state index contributed by atoms with van der Waals surface area (Å²) in [6.07, 6.45) is 0.202. The Kier molecular flexibility index (Phi) is 12.6. The number of carbonyl (C=O) groups is 4. The lowest BCUT2D eigenvalue weighted by Gasteiger charge is -2.23. The Morgan fingerprint density at radius 2 is 1.27 bits per heavy atom. The number of hydrogen-bond donors (Lipinski definition) is 10. The molecule has 0 unspecified atom stereocenters. The minimum atomic E-state index is -1.56. The third-order valence-electron chi connectivity index (χ3n) is 3.72. The van der Waals surface area contributed by atoms with E-state index in [0.717, 1.165) is 0 Å². The largest absolute Gasteiger partial charge is 0.480 e. The van der Waals surface area contributed by atoms with Gasteiger partial charge in [0.15, 0.2) is 5.96 Å². The number of rotatable bonds is 14. The van der Waals surface area contributed by atoms with Gasteiger partial charge in [-0.25, -0.2) is 4.79 Å². The molecular weight excluding hydrogens is 406 g/mol. The summed E-state index contributed by atoms with van der Waals surface area (Å²) < 4.78 is 0. The van der Waals surface area contributed by atoms with Crippen LogP contribution in [0, 0.1) is 0 Å². The third kappa shape index (κ3) is 9.97. The molecule has 0 aliphatic rings. The zero-order chi connectivity index (χ0) is 23.3. The van der Waals surface area contributed by atoms with Crippen molar-refractivity contribution >= 4 is 29.7 Å². The quantitative estimate of drug-likeness (QED) is 0.0696. The van der Waals surface area contributed by atoms with Gasteiger partial charge in [-0.1, -0.05) is 0 Å². The van der Waals surface area contributed by atoms with E-state index in [9.17, 15) is 34.5 Å². The lowest BCUT2D eigenvalue weighted by molar-refractivity contribution is -0.142. The SMILES string of the molecule is NC(N)=NCCC[C@H](NC(=O)[C@H](CO)NC(=O)[C@H](CO)NC(=O)[C@@H](N)CO)C(=O)O. The standard InChI is InChI=1S/C15H29N7O8/c16-7(4-23)11(26)21-9(5-24)13(28)22-10(6-25)12(27)20-8(14(29)30)2-1-3-19-15(17)18/h7-10,23-25H,1-6,16H2,(H,20,27)(H,21,26)(H,22,28)(H,29,30)(H4,17,18,19)/t7-,8-,9-,10-/m0/s1. The smallest absolute Gasteiger partial charge is 0.326 e. The molecule has 3 amide bonds. The average molecular weight is 435 g/mol. The van der Waals surface area contributed by atoms with Gasteiger partial charge in [-0.3, -0.25) is 19.4 Å². The summed E-state index contributed by atoms with van der Waals surface area (Å²) in [4.78, 5) is 51.0. The van der Waals surface area contributed by atoms with E-state index in [1.807, 2.05) is 0 Å². The van der Waals surface area contributed by atoms with Crippen molar-refractivity contribution in [1.82, 2.24) is 16.0 Å². The molecule has 0 aromatic heterocycles. The van der Waals surface area contributed by atoms with E-state index in [4.69, 9.17) is 22.3 Å². The van der Waals surface area contributed by atoms with Gasteiger partial charge in [0.25, 0.3) is 0 Å². The highest BCUT2D eigenvalue weighted by Crippen LogP contribution is 2.00. The number of aliphatic hydroxyl groups is 3. The van der Waals surface area contributed by atoms with Crippen molar-refractivity contribution in [3.05, 3.63) is 0 Å². The number of nitrogens with two attached hydrogens (primary N) is 3. The van der Waals surface area contributed by atoms with E-state index in [1.54, 1.807) is 0 Å². The predicted octanol–water partition coefficient (Wildman–Crippen LogP) is -6.12. The normalized spacial score (nSPS) is 14.5. The van der Waals surface area contributed by atoms with Crippen molar-refractivity contribution in [3.8, 4) is 0 Å². The van der Waals surface area contributed by atoms with Crippen LogP contribution in [0.2, 0.25) is 0 Å². The van der Waals surface area contributed by atoms with Crippen molar-refractivity contribution in [3.63, 3.8) is 0 Å².